The number of fused-ring (bicyclic) bond motifs is 3. The van der Waals surface area contributed by atoms with Gasteiger partial charge in [-0.05, 0) is 87.7 Å². The third-order valence-electron chi connectivity index (χ3n) is 11.6. The van der Waals surface area contributed by atoms with E-state index >= 15 is 0 Å². The van der Waals surface area contributed by atoms with Crippen LogP contribution in [-0.4, -0.2) is 56.0 Å². The lowest BCUT2D eigenvalue weighted by molar-refractivity contribution is -0.140. The molecule has 0 aromatic heterocycles. The number of hydrogen-bond donors (Lipinski definition) is 1. The molecule has 1 N–H and O–H groups in total. The van der Waals surface area contributed by atoms with Crippen LogP contribution >= 0.6 is 15.9 Å². The Balaban J connectivity index is 1.29. The summed E-state index contributed by atoms with van der Waals surface area (Å²) in [7, 11) is -2.90. The van der Waals surface area contributed by atoms with Crippen LogP contribution in [0.5, 0.6) is 5.75 Å². The van der Waals surface area contributed by atoms with Gasteiger partial charge in [0.25, 0.3) is 8.32 Å². The first-order valence-corrected chi connectivity index (χ1v) is 21.9. The van der Waals surface area contributed by atoms with Crippen molar-refractivity contribution >= 4 is 58.1 Å². The van der Waals surface area contributed by atoms with Gasteiger partial charge in [-0.1, -0.05) is 135 Å². The van der Waals surface area contributed by atoms with Crippen molar-refractivity contribution in [3.05, 3.63) is 136 Å². The highest BCUT2D eigenvalue weighted by molar-refractivity contribution is 9.10. The van der Waals surface area contributed by atoms with Gasteiger partial charge < -0.3 is 14.3 Å². The molecule has 0 spiro atoms. The smallest absolute Gasteiger partial charge is 0.261 e. The maximum atomic E-state index is 14.0. The normalized spacial score (nSPS) is 21.8. The van der Waals surface area contributed by atoms with Gasteiger partial charge in [0.15, 0.2) is 0 Å². The quantitative estimate of drug-likeness (QED) is 0.0671. The summed E-state index contributed by atoms with van der Waals surface area (Å²) in [5, 5.41) is 13.0. The molecular weight excluding hydrogens is 754 g/mol. The molecule has 2 fully saturated rings. The molecule has 0 bridgehead atoms. The SMILES string of the molecule is CCCN1C(=O)[C@@H]2[C@@H](CC(CO[Si](c3ccccc3)(c3ccccc3)C(C)(C)C)=C3[C@@H](CC/C(=C/c4cc(Br)ccc4O)c4ccccc4)OC[C@@H]32)C1=O. The average Bonchev–Trinajstić information content (AvgIpc) is 3.70. The fourth-order valence-corrected chi connectivity index (χ4v) is 14.1. The van der Waals surface area contributed by atoms with Gasteiger partial charge in [0.2, 0.25) is 11.8 Å². The number of halogens is 1. The summed E-state index contributed by atoms with van der Waals surface area (Å²) >= 11 is 3.57. The number of carbonyl (C=O) groups excluding carboxylic acids is 2. The Morgan fingerprint density at radius 3 is 2.15 bits per heavy atom. The summed E-state index contributed by atoms with van der Waals surface area (Å²) in [6.45, 7) is 10.1. The second-order valence-electron chi connectivity index (χ2n) is 15.9. The molecule has 280 valence electrons. The van der Waals surface area contributed by atoms with Crippen molar-refractivity contribution in [2.75, 3.05) is 19.8 Å². The maximum Gasteiger partial charge on any atom is 0.261 e. The van der Waals surface area contributed by atoms with Gasteiger partial charge in [-0.3, -0.25) is 14.5 Å². The number of amides is 2. The van der Waals surface area contributed by atoms with Crippen molar-refractivity contribution in [1.29, 1.82) is 0 Å². The number of benzene rings is 4. The highest BCUT2D eigenvalue weighted by atomic mass is 79.9. The Bertz CT molecular complexity index is 2000. The van der Waals surface area contributed by atoms with Crippen molar-refractivity contribution in [2.24, 2.45) is 17.8 Å². The molecule has 4 aromatic rings. The Morgan fingerprint density at radius 1 is 0.907 bits per heavy atom. The predicted molar refractivity (Wildman–Crippen MR) is 222 cm³/mol. The van der Waals surface area contributed by atoms with Crippen LogP contribution in [0.15, 0.2) is 125 Å². The number of nitrogens with zero attached hydrogens (tertiary/aromatic N) is 1. The zero-order valence-corrected chi connectivity index (χ0v) is 34.2. The third-order valence-corrected chi connectivity index (χ3v) is 17.0. The van der Waals surface area contributed by atoms with E-state index in [-0.39, 0.29) is 34.6 Å². The molecule has 8 heteroatoms. The number of phenolic OH excluding ortho intramolecular Hbond substituents is 1. The number of hydrogen-bond acceptors (Lipinski definition) is 5. The Morgan fingerprint density at radius 2 is 1.54 bits per heavy atom. The van der Waals surface area contributed by atoms with Crippen molar-refractivity contribution in [2.45, 2.75) is 64.5 Å². The van der Waals surface area contributed by atoms with Gasteiger partial charge in [0, 0.05) is 22.5 Å². The molecule has 6 nitrogen and oxygen atoms in total. The first kappa shape index (κ1) is 38.2. The molecule has 2 amide bonds. The minimum absolute atomic E-state index is 0.0550. The molecule has 0 radical (unpaired) electrons. The molecule has 2 heterocycles. The van der Waals surface area contributed by atoms with Crippen LogP contribution in [0.2, 0.25) is 5.04 Å². The molecule has 1 aliphatic carbocycles. The summed E-state index contributed by atoms with van der Waals surface area (Å²) in [4.78, 5) is 29.4. The number of allylic oxidation sites excluding steroid dienone is 1. The molecule has 4 aromatic carbocycles. The molecule has 2 saturated heterocycles. The summed E-state index contributed by atoms with van der Waals surface area (Å²) < 4.78 is 15.1. The average molecular weight is 805 g/mol. The zero-order chi connectivity index (χ0) is 38.0. The lowest BCUT2D eigenvalue weighted by Gasteiger charge is -2.44. The van der Waals surface area contributed by atoms with Crippen molar-refractivity contribution < 1.29 is 23.9 Å². The van der Waals surface area contributed by atoms with E-state index in [1.54, 1.807) is 6.07 Å². The van der Waals surface area contributed by atoms with Crippen LogP contribution in [0, 0.1) is 17.8 Å². The van der Waals surface area contributed by atoms with Crippen LogP contribution < -0.4 is 10.4 Å². The van der Waals surface area contributed by atoms with Crippen LogP contribution in [0.25, 0.3) is 11.6 Å². The fourth-order valence-electron chi connectivity index (χ4n) is 9.14. The van der Waals surface area contributed by atoms with Crippen molar-refractivity contribution in [1.82, 2.24) is 4.90 Å². The summed E-state index contributed by atoms with van der Waals surface area (Å²) in [6, 6.07) is 37.0. The highest BCUT2D eigenvalue weighted by Crippen LogP contribution is 2.51. The molecule has 0 saturated carbocycles. The monoisotopic (exact) mass is 803 g/mol. The van der Waals surface area contributed by atoms with E-state index in [4.69, 9.17) is 9.16 Å². The minimum atomic E-state index is -2.90. The Labute approximate surface area is 329 Å². The van der Waals surface area contributed by atoms with Crippen molar-refractivity contribution in [3.63, 3.8) is 0 Å². The number of phenols is 1. The highest BCUT2D eigenvalue weighted by Gasteiger charge is 2.57. The maximum absolute atomic E-state index is 14.0. The van der Waals surface area contributed by atoms with E-state index in [2.05, 4.69) is 103 Å². The number of rotatable bonds is 12. The zero-order valence-electron chi connectivity index (χ0n) is 31.6. The lowest BCUT2D eigenvalue weighted by atomic mass is 9.69. The molecular formula is C46H50BrNO5Si. The van der Waals surface area contributed by atoms with Crippen LogP contribution in [0.4, 0.5) is 0 Å². The number of imide groups is 1. The van der Waals surface area contributed by atoms with Crippen molar-refractivity contribution in [3.8, 4) is 5.75 Å². The van der Waals surface area contributed by atoms with Gasteiger partial charge in [-0.2, -0.15) is 0 Å². The molecule has 0 unspecified atom stereocenters. The van der Waals surface area contributed by atoms with Gasteiger partial charge in [0.05, 0.1) is 31.2 Å². The number of aromatic hydroxyl groups is 1. The standard InChI is InChI=1S/C46H50BrNO5Si/c1-5-25-48-44(50)38-28-34(29-53-54(46(2,3)4,36-17-11-7-12-18-36)37-19-13-8-14-20-37)42-39(43(38)45(48)51)30-52-41(42)24-21-32(31-15-9-6-10-16-31)26-33-27-35(47)22-23-40(33)49/h6-20,22-23,26-27,38-39,41,43,49H,5,21,24-25,28-30H2,1-4H3/b32-26-/t38-,39+,41-,43-/m1/s1. The van der Waals surface area contributed by atoms with Crippen LogP contribution in [0.1, 0.15) is 64.5 Å². The number of carbonyl (C=O) groups is 2. The summed E-state index contributed by atoms with van der Waals surface area (Å²) in [5.74, 6) is -0.890. The van der Waals surface area contributed by atoms with E-state index in [1.807, 2.05) is 49.4 Å². The predicted octanol–water partition coefficient (Wildman–Crippen LogP) is 8.78. The molecule has 4 atom stereocenters. The van der Waals surface area contributed by atoms with Gasteiger partial charge >= 0.3 is 0 Å². The number of ether oxygens (including phenoxy) is 1. The second-order valence-corrected chi connectivity index (χ2v) is 21.1. The summed E-state index contributed by atoms with van der Waals surface area (Å²) in [5.41, 5.74) is 5.14. The molecule has 54 heavy (non-hydrogen) atoms. The molecule has 3 aliphatic rings. The van der Waals surface area contributed by atoms with E-state index in [1.165, 1.54) is 15.3 Å². The van der Waals surface area contributed by atoms with Crippen LogP contribution in [-0.2, 0) is 18.8 Å². The Kier molecular flexibility index (Phi) is 11.3. The van der Waals surface area contributed by atoms with E-state index < -0.39 is 20.2 Å². The largest absolute Gasteiger partial charge is 0.507 e. The first-order chi connectivity index (χ1) is 26.0. The summed E-state index contributed by atoms with van der Waals surface area (Å²) in [6.07, 6.45) is 4.41. The lowest BCUT2D eigenvalue weighted by Crippen LogP contribution is -2.66. The van der Waals surface area contributed by atoms with Crippen LogP contribution in [0.3, 0.4) is 0 Å². The topological polar surface area (TPSA) is 76.1 Å². The van der Waals surface area contributed by atoms with E-state index in [0.717, 1.165) is 38.7 Å². The first-order valence-electron chi connectivity index (χ1n) is 19.2. The number of likely N-dealkylation sites (tertiary alicyclic amines) is 1. The Hall–Kier alpha value is -4.08. The minimum Gasteiger partial charge on any atom is -0.507 e. The van der Waals surface area contributed by atoms with Gasteiger partial charge in [-0.15, -0.1) is 0 Å². The van der Waals surface area contributed by atoms with E-state index in [9.17, 15) is 14.7 Å². The molecule has 2 aliphatic heterocycles. The van der Waals surface area contributed by atoms with Gasteiger partial charge in [0.1, 0.15) is 5.75 Å². The second kappa shape index (κ2) is 15.9. The fraction of sp³-hybridized carbons (Fsp3) is 0.348. The molecule has 7 rings (SSSR count). The van der Waals surface area contributed by atoms with Gasteiger partial charge in [-0.25, -0.2) is 0 Å². The van der Waals surface area contributed by atoms with E-state index in [0.29, 0.717) is 39.0 Å². The third kappa shape index (κ3) is 7.21.